The van der Waals surface area contributed by atoms with E-state index >= 15 is 0 Å². The van der Waals surface area contributed by atoms with Crippen molar-refractivity contribution in [2.24, 2.45) is 0 Å². The highest BCUT2D eigenvalue weighted by Crippen LogP contribution is 2.44. The third-order valence-corrected chi connectivity index (χ3v) is 4.93. The van der Waals surface area contributed by atoms with Gasteiger partial charge in [-0.1, -0.05) is 48.5 Å². The largest absolute Gasteiger partial charge is 0.480 e. The van der Waals surface area contributed by atoms with Crippen LogP contribution in [0.4, 0.5) is 4.79 Å². The van der Waals surface area contributed by atoms with Crippen LogP contribution < -0.4 is 5.32 Å². The molecular weight excluding hydrogens is 358 g/mol. The van der Waals surface area contributed by atoms with Gasteiger partial charge >= 0.3 is 12.1 Å². The zero-order valence-corrected chi connectivity index (χ0v) is 15.0. The lowest BCUT2D eigenvalue weighted by Gasteiger charge is -2.17. The molecule has 7 heteroatoms. The Hall–Kier alpha value is -3.61. The number of amides is 1. The number of benzene rings is 2. The van der Waals surface area contributed by atoms with Crippen molar-refractivity contribution in [1.29, 1.82) is 0 Å². The minimum absolute atomic E-state index is 0.0738. The fourth-order valence-corrected chi connectivity index (χ4v) is 3.61. The van der Waals surface area contributed by atoms with E-state index in [9.17, 15) is 14.7 Å². The summed E-state index contributed by atoms with van der Waals surface area (Å²) in [6, 6.07) is 15.0. The van der Waals surface area contributed by atoms with Gasteiger partial charge in [0.15, 0.2) is 0 Å². The number of ether oxygens (including phenoxy) is 1. The Morgan fingerprint density at radius 2 is 1.75 bits per heavy atom. The molecule has 0 spiro atoms. The molecule has 1 amide bonds. The summed E-state index contributed by atoms with van der Waals surface area (Å²) in [5.74, 6) is -1.20. The Balaban J connectivity index is 1.44. The van der Waals surface area contributed by atoms with E-state index in [1.54, 1.807) is 6.20 Å². The average Bonchev–Trinajstić information content (AvgIpc) is 3.32. The van der Waals surface area contributed by atoms with E-state index in [2.05, 4.69) is 27.6 Å². The van der Waals surface area contributed by atoms with Crippen LogP contribution in [0.3, 0.4) is 0 Å². The summed E-state index contributed by atoms with van der Waals surface area (Å²) in [6.07, 6.45) is 2.48. The van der Waals surface area contributed by atoms with Crippen molar-refractivity contribution in [2.75, 3.05) is 6.61 Å². The molecular formula is C21H19N3O4. The number of rotatable bonds is 6. The van der Waals surface area contributed by atoms with Gasteiger partial charge in [-0.2, -0.15) is 5.10 Å². The average molecular weight is 377 g/mol. The van der Waals surface area contributed by atoms with E-state index in [0.29, 0.717) is 5.56 Å². The molecule has 0 radical (unpaired) electrons. The molecule has 142 valence electrons. The molecule has 0 fully saturated rings. The summed E-state index contributed by atoms with van der Waals surface area (Å²) in [7, 11) is 0. The van der Waals surface area contributed by atoms with Crippen molar-refractivity contribution >= 4 is 12.1 Å². The number of hydrogen-bond donors (Lipinski definition) is 3. The Labute approximate surface area is 161 Å². The van der Waals surface area contributed by atoms with Crippen molar-refractivity contribution in [3.8, 4) is 11.1 Å². The number of alkyl carbamates (subject to hydrolysis) is 1. The molecule has 0 unspecified atom stereocenters. The normalized spacial score (nSPS) is 13.4. The van der Waals surface area contributed by atoms with E-state index in [1.807, 2.05) is 36.4 Å². The molecule has 3 N–H and O–H groups in total. The molecule has 0 saturated heterocycles. The Morgan fingerprint density at radius 3 is 2.32 bits per heavy atom. The summed E-state index contributed by atoms with van der Waals surface area (Å²) in [4.78, 5) is 23.7. The summed E-state index contributed by atoms with van der Waals surface area (Å²) in [5, 5.41) is 18.2. The number of carboxylic acid groups (broad SMARTS) is 1. The van der Waals surface area contributed by atoms with Crippen LogP contribution in [0, 0.1) is 0 Å². The van der Waals surface area contributed by atoms with E-state index in [4.69, 9.17) is 4.74 Å². The number of H-pyrrole nitrogens is 1. The topological polar surface area (TPSA) is 104 Å². The van der Waals surface area contributed by atoms with E-state index in [0.717, 1.165) is 22.3 Å². The molecule has 2 aromatic carbocycles. The summed E-state index contributed by atoms with van der Waals surface area (Å²) >= 11 is 0. The molecule has 1 aromatic heterocycles. The van der Waals surface area contributed by atoms with Crippen LogP contribution in [0.2, 0.25) is 0 Å². The monoisotopic (exact) mass is 377 g/mol. The predicted octanol–water partition coefficient (Wildman–Crippen LogP) is 2.94. The van der Waals surface area contributed by atoms with E-state index in [-0.39, 0.29) is 18.9 Å². The summed E-state index contributed by atoms with van der Waals surface area (Å²) in [6.45, 7) is 0.137. The van der Waals surface area contributed by atoms with Gasteiger partial charge in [0.25, 0.3) is 0 Å². The second kappa shape index (κ2) is 7.56. The van der Waals surface area contributed by atoms with Crippen molar-refractivity contribution in [1.82, 2.24) is 15.5 Å². The molecule has 1 heterocycles. The number of nitrogens with one attached hydrogen (secondary N) is 2. The van der Waals surface area contributed by atoms with Crippen LogP contribution in [0.15, 0.2) is 60.9 Å². The number of aromatic nitrogens is 2. The minimum Gasteiger partial charge on any atom is -0.480 e. The van der Waals surface area contributed by atoms with Gasteiger partial charge in [-0.15, -0.1) is 0 Å². The SMILES string of the molecule is O=C(N[C@@H](Cc1cn[nH]c1)C(=O)O)OCC1c2ccccc2-c2ccccc21. The van der Waals surface area contributed by atoms with Gasteiger partial charge < -0.3 is 15.2 Å². The molecule has 1 aliphatic rings. The lowest BCUT2D eigenvalue weighted by atomic mass is 9.98. The van der Waals surface area contributed by atoms with Gasteiger partial charge in [0, 0.05) is 18.5 Å². The molecule has 4 rings (SSSR count). The van der Waals surface area contributed by atoms with Gasteiger partial charge in [-0.3, -0.25) is 5.10 Å². The quantitative estimate of drug-likeness (QED) is 0.613. The number of carboxylic acids is 1. The summed E-state index contributed by atoms with van der Waals surface area (Å²) in [5.41, 5.74) is 5.16. The van der Waals surface area contributed by atoms with Crippen molar-refractivity contribution in [3.63, 3.8) is 0 Å². The van der Waals surface area contributed by atoms with Crippen LogP contribution >= 0.6 is 0 Å². The highest BCUT2D eigenvalue weighted by molar-refractivity contribution is 5.81. The number of carbonyl (C=O) groups is 2. The Morgan fingerprint density at radius 1 is 1.11 bits per heavy atom. The smallest absolute Gasteiger partial charge is 0.407 e. The van der Waals surface area contributed by atoms with Crippen LogP contribution in [-0.4, -0.2) is 40.0 Å². The first kappa shape index (κ1) is 17.8. The van der Waals surface area contributed by atoms with E-state index < -0.39 is 18.1 Å². The van der Waals surface area contributed by atoms with Crippen LogP contribution in [0.1, 0.15) is 22.6 Å². The Bertz CT molecular complexity index is 955. The fourth-order valence-electron chi connectivity index (χ4n) is 3.61. The van der Waals surface area contributed by atoms with Crippen molar-refractivity contribution < 1.29 is 19.4 Å². The Kier molecular flexibility index (Phi) is 4.80. The molecule has 0 bridgehead atoms. The van der Waals surface area contributed by atoms with Gasteiger partial charge in [0.1, 0.15) is 12.6 Å². The number of aromatic amines is 1. The van der Waals surface area contributed by atoms with Gasteiger partial charge in [-0.25, -0.2) is 9.59 Å². The summed E-state index contributed by atoms with van der Waals surface area (Å²) < 4.78 is 5.40. The number of carbonyl (C=O) groups excluding carboxylic acids is 1. The third-order valence-electron chi connectivity index (χ3n) is 4.93. The van der Waals surface area contributed by atoms with Crippen LogP contribution in [0.25, 0.3) is 11.1 Å². The highest BCUT2D eigenvalue weighted by atomic mass is 16.5. The minimum atomic E-state index is -1.13. The van der Waals surface area contributed by atoms with Crippen LogP contribution in [0.5, 0.6) is 0 Å². The van der Waals surface area contributed by atoms with Gasteiger partial charge in [0.05, 0.1) is 6.20 Å². The zero-order valence-electron chi connectivity index (χ0n) is 15.0. The van der Waals surface area contributed by atoms with E-state index in [1.165, 1.54) is 6.20 Å². The maximum atomic E-state index is 12.2. The lowest BCUT2D eigenvalue weighted by Crippen LogP contribution is -2.42. The maximum absolute atomic E-state index is 12.2. The number of nitrogens with zero attached hydrogens (tertiary/aromatic N) is 1. The van der Waals surface area contributed by atoms with Crippen molar-refractivity contribution in [3.05, 3.63) is 77.6 Å². The van der Waals surface area contributed by atoms with Gasteiger partial charge in [0.2, 0.25) is 0 Å². The fraction of sp³-hybridized carbons (Fsp3) is 0.190. The van der Waals surface area contributed by atoms with Gasteiger partial charge in [-0.05, 0) is 27.8 Å². The second-order valence-electron chi connectivity index (χ2n) is 6.67. The first-order valence-corrected chi connectivity index (χ1v) is 8.95. The maximum Gasteiger partial charge on any atom is 0.407 e. The number of hydrogen-bond acceptors (Lipinski definition) is 4. The van der Waals surface area contributed by atoms with Crippen molar-refractivity contribution in [2.45, 2.75) is 18.4 Å². The third kappa shape index (κ3) is 3.46. The molecule has 0 saturated carbocycles. The highest BCUT2D eigenvalue weighted by Gasteiger charge is 2.29. The molecule has 7 nitrogen and oxygen atoms in total. The molecule has 0 aliphatic heterocycles. The molecule has 3 aromatic rings. The first-order valence-electron chi connectivity index (χ1n) is 8.95. The predicted molar refractivity (Wildman–Crippen MR) is 102 cm³/mol. The second-order valence-corrected chi connectivity index (χ2v) is 6.67. The number of fused-ring (bicyclic) bond motifs is 3. The molecule has 1 atom stereocenters. The zero-order chi connectivity index (χ0) is 19.5. The molecule has 28 heavy (non-hydrogen) atoms. The lowest BCUT2D eigenvalue weighted by molar-refractivity contribution is -0.139. The van der Waals surface area contributed by atoms with Crippen LogP contribution in [-0.2, 0) is 16.0 Å². The molecule has 1 aliphatic carbocycles. The standard InChI is InChI=1S/C21H19N3O4/c25-20(26)19(9-13-10-22-23-11-13)24-21(27)28-12-18-16-7-3-1-5-14(16)15-6-2-4-8-17(15)18/h1-8,10-11,18-19H,9,12H2,(H,22,23)(H,24,27)(H,25,26)/t19-/m0/s1. The first-order chi connectivity index (χ1) is 13.6. The number of aliphatic carboxylic acids is 1.